The second-order valence-electron chi connectivity index (χ2n) is 4.80. The van der Waals surface area contributed by atoms with Crippen LogP contribution in [0.1, 0.15) is 24.8 Å². The summed E-state index contributed by atoms with van der Waals surface area (Å²) >= 11 is 0. The van der Waals surface area contributed by atoms with Crippen molar-refractivity contribution >= 4 is 5.97 Å². The van der Waals surface area contributed by atoms with E-state index in [0.29, 0.717) is 37.4 Å². The van der Waals surface area contributed by atoms with Gasteiger partial charge < -0.3 is 14.6 Å². The second kappa shape index (κ2) is 3.86. The van der Waals surface area contributed by atoms with Crippen LogP contribution in [0.3, 0.4) is 0 Å². The Morgan fingerprint density at radius 2 is 2.06 bits per heavy atom. The Hall–Kier alpha value is -1.78. The van der Waals surface area contributed by atoms with Gasteiger partial charge in [0.1, 0.15) is 13.2 Å². The van der Waals surface area contributed by atoms with E-state index >= 15 is 0 Å². The van der Waals surface area contributed by atoms with Crippen LogP contribution in [0, 0.1) is 5.82 Å². The topological polar surface area (TPSA) is 55.8 Å². The van der Waals surface area contributed by atoms with Crippen molar-refractivity contribution in [2.24, 2.45) is 0 Å². The first kappa shape index (κ1) is 11.3. The zero-order valence-corrected chi connectivity index (χ0v) is 9.74. The lowest BCUT2D eigenvalue weighted by Gasteiger charge is -2.22. The molecule has 0 spiro atoms. The molecule has 0 radical (unpaired) electrons. The molecule has 0 bridgehead atoms. The molecule has 5 heteroatoms. The molecule has 1 fully saturated rings. The number of fused-ring (bicyclic) bond motifs is 1. The van der Waals surface area contributed by atoms with Crippen LogP contribution < -0.4 is 9.47 Å². The summed E-state index contributed by atoms with van der Waals surface area (Å²) in [6, 6.07) is 3.29. The Morgan fingerprint density at radius 1 is 1.33 bits per heavy atom. The van der Waals surface area contributed by atoms with Crippen LogP contribution >= 0.6 is 0 Å². The molecule has 1 aliphatic carbocycles. The molecule has 1 aromatic rings. The van der Waals surface area contributed by atoms with Gasteiger partial charge in [0.05, 0.1) is 6.42 Å². The summed E-state index contributed by atoms with van der Waals surface area (Å²) in [5.74, 6) is -0.850. The lowest BCUT2D eigenvalue weighted by molar-refractivity contribution is -0.137. The summed E-state index contributed by atoms with van der Waals surface area (Å²) in [5.41, 5.74) is -0.111. The lowest BCUT2D eigenvalue weighted by atomic mass is 9.91. The number of rotatable bonds is 3. The van der Waals surface area contributed by atoms with Crippen LogP contribution in [0.4, 0.5) is 4.39 Å². The van der Waals surface area contributed by atoms with Gasteiger partial charge in [-0.1, -0.05) is 6.07 Å². The molecule has 1 N–H and O–H groups in total. The van der Waals surface area contributed by atoms with Crippen LogP contribution in [0.2, 0.25) is 0 Å². The molecule has 0 amide bonds. The van der Waals surface area contributed by atoms with E-state index in [1.807, 2.05) is 0 Å². The van der Waals surface area contributed by atoms with Crippen LogP contribution in [-0.2, 0) is 10.2 Å². The van der Waals surface area contributed by atoms with Crippen LogP contribution in [0.5, 0.6) is 11.5 Å². The van der Waals surface area contributed by atoms with Gasteiger partial charge in [-0.25, -0.2) is 4.39 Å². The quantitative estimate of drug-likeness (QED) is 0.895. The minimum absolute atomic E-state index is 0.0381. The van der Waals surface area contributed by atoms with Gasteiger partial charge in [0.15, 0.2) is 17.3 Å². The molecule has 0 saturated heterocycles. The predicted octanol–water partition coefficient (Wildman–Crippen LogP) is 2.10. The molecule has 2 aliphatic rings. The molecule has 0 atom stereocenters. The maximum absolute atomic E-state index is 14.3. The fourth-order valence-electron chi connectivity index (χ4n) is 2.47. The first-order valence-corrected chi connectivity index (χ1v) is 5.93. The van der Waals surface area contributed by atoms with Crippen molar-refractivity contribution in [3.63, 3.8) is 0 Å². The third kappa shape index (κ3) is 1.70. The summed E-state index contributed by atoms with van der Waals surface area (Å²) in [6.07, 6.45) is 1.37. The van der Waals surface area contributed by atoms with Crippen molar-refractivity contribution in [3.8, 4) is 11.5 Å². The highest BCUT2D eigenvalue weighted by molar-refractivity contribution is 5.70. The van der Waals surface area contributed by atoms with Gasteiger partial charge in [-0.05, 0) is 24.5 Å². The minimum Gasteiger partial charge on any atom is -0.486 e. The normalized spacial score (nSPS) is 19.4. The molecule has 0 aromatic heterocycles. The van der Waals surface area contributed by atoms with E-state index in [1.54, 1.807) is 12.1 Å². The Morgan fingerprint density at radius 3 is 2.72 bits per heavy atom. The Labute approximate surface area is 103 Å². The number of hydrogen-bond acceptors (Lipinski definition) is 3. The van der Waals surface area contributed by atoms with E-state index in [4.69, 9.17) is 14.6 Å². The number of halogens is 1. The van der Waals surface area contributed by atoms with Crippen molar-refractivity contribution in [3.05, 3.63) is 23.5 Å². The van der Waals surface area contributed by atoms with Gasteiger partial charge in [0.2, 0.25) is 0 Å². The highest BCUT2D eigenvalue weighted by Crippen LogP contribution is 2.53. The third-order valence-corrected chi connectivity index (χ3v) is 3.56. The molecule has 0 unspecified atom stereocenters. The van der Waals surface area contributed by atoms with Crippen molar-refractivity contribution < 1.29 is 23.8 Å². The standard InChI is InChI=1S/C13H13FO4/c14-11-8(13(3-4-13)7-10(15)16)1-2-9-12(11)18-6-5-17-9/h1-2H,3-7H2,(H,15,16). The Kier molecular flexibility index (Phi) is 2.43. The molecule has 1 aromatic carbocycles. The minimum atomic E-state index is -0.901. The highest BCUT2D eigenvalue weighted by Gasteiger charge is 2.48. The summed E-state index contributed by atoms with van der Waals surface area (Å²) in [4.78, 5) is 10.8. The number of carboxylic acid groups (broad SMARTS) is 1. The van der Waals surface area contributed by atoms with Gasteiger partial charge in [-0.2, -0.15) is 0 Å². The van der Waals surface area contributed by atoms with Crippen LogP contribution in [-0.4, -0.2) is 24.3 Å². The number of ether oxygens (including phenoxy) is 2. The first-order chi connectivity index (χ1) is 8.62. The van der Waals surface area contributed by atoms with Crippen molar-refractivity contribution in [1.29, 1.82) is 0 Å². The average Bonchev–Trinajstić information content (AvgIpc) is 3.09. The molecule has 4 nitrogen and oxygen atoms in total. The molecule has 3 rings (SSSR count). The van der Waals surface area contributed by atoms with E-state index in [2.05, 4.69) is 0 Å². The van der Waals surface area contributed by atoms with E-state index in [-0.39, 0.29) is 12.2 Å². The predicted molar refractivity (Wildman–Crippen MR) is 60.6 cm³/mol. The first-order valence-electron chi connectivity index (χ1n) is 5.93. The van der Waals surface area contributed by atoms with E-state index in [1.165, 1.54) is 0 Å². The molecule has 1 saturated carbocycles. The number of carbonyl (C=O) groups is 1. The molecular weight excluding hydrogens is 239 g/mol. The summed E-state index contributed by atoms with van der Waals surface area (Å²) in [7, 11) is 0. The summed E-state index contributed by atoms with van der Waals surface area (Å²) in [6.45, 7) is 0.728. The van der Waals surface area contributed by atoms with Crippen molar-refractivity contribution in [2.45, 2.75) is 24.7 Å². The number of hydrogen-bond donors (Lipinski definition) is 1. The maximum atomic E-state index is 14.3. The van der Waals surface area contributed by atoms with E-state index < -0.39 is 17.2 Å². The van der Waals surface area contributed by atoms with Crippen LogP contribution in [0.25, 0.3) is 0 Å². The second-order valence-corrected chi connectivity index (χ2v) is 4.80. The SMILES string of the molecule is O=C(O)CC1(c2ccc3c(c2F)OCCO3)CC1. The summed E-state index contributed by atoms with van der Waals surface area (Å²) < 4.78 is 24.9. The van der Waals surface area contributed by atoms with Gasteiger partial charge in [0.25, 0.3) is 0 Å². The van der Waals surface area contributed by atoms with Crippen LogP contribution in [0.15, 0.2) is 12.1 Å². The third-order valence-electron chi connectivity index (χ3n) is 3.56. The van der Waals surface area contributed by atoms with E-state index in [9.17, 15) is 9.18 Å². The van der Waals surface area contributed by atoms with Crippen molar-refractivity contribution in [1.82, 2.24) is 0 Å². The zero-order chi connectivity index (χ0) is 12.8. The van der Waals surface area contributed by atoms with E-state index in [0.717, 1.165) is 0 Å². The number of benzene rings is 1. The number of aliphatic carboxylic acids is 1. The molecule has 96 valence electrons. The fourth-order valence-corrected chi connectivity index (χ4v) is 2.47. The largest absolute Gasteiger partial charge is 0.486 e. The Balaban J connectivity index is 2.01. The van der Waals surface area contributed by atoms with Gasteiger partial charge in [-0.3, -0.25) is 4.79 Å². The molecule has 1 heterocycles. The summed E-state index contributed by atoms with van der Waals surface area (Å²) in [5, 5.41) is 8.90. The smallest absolute Gasteiger partial charge is 0.304 e. The van der Waals surface area contributed by atoms with Gasteiger partial charge >= 0.3 is 5.97 Å². The van der Waals surface area contributed by atoms with Gasteiger partial charge in [0, 0.05) is 5.41 Å². The zero-order valence-electron chi connectivity index (χ0n) is 9.74. The monoisotopic (exact) mass is 252 g/mol. The van der Waals surface area contributed by atoms with Crippen molar-refractivity contribution in [2.75, 3.05) is 13.2 Å². The molecule has 1 aliphatic heterocycles. The molecule has 18 heavy (non-hydrogen) atoms. The Bertz CT molecular complexity index is 508. The van der Waals surface area contributed by atoms with Gasteiger partial charge in [-0.15, -0.1) is 0 Å². The maximum Gasteiger partial charge on any atom is 0.304 e. The average molecular weight is 252 g/mol. The fraction of sp³-hybridized carbons (Fsp3) is 0.462. The lowest BCUT2D eigenvalue weighted by Crippen LogP contribution is -2.20. The number of carboxylic acids is 1. The molecular formula is C13H13FO4. The highest BCUT2D eigenvalue weighted by atomic mass is 19.1.